The second-order valence-electron chi connectivity index (χ2n) is 3.45. The Balaban J connectivity index is 1.71. The summed E-state index contributed by atoms with van der Waals surface area (Å²) in [5.41, 5.74) is 0. The van der Waals surface area contributed by atoms with E-state index in [1.807, 2.05) is 4.90 Å². The van der Waals surface area contributed by atoms with Crippen molar-refractivity contribution in [2.24, 2.45) is 5.92 Å². The van der Waals surface area contributed by atoms with E-state index in [1.54, 1.807) is 0 Å². The maximum atomic E-state index is 11.0. The maximum Gasteiger partial charge on any atom is 0.317 e. The summed E-state index contributed by atoms with van der Waals surface area (Å²) in [6, 6.07) is 0.130. The van der Waals surface area contributed by atoms with E-state index in [0.717, 1.165) is 25.6 Å². The van der Waals surface area contributed by atoms with Gasteiger partial charge in [0.25, 0.3) is 0 Å². The van der Waals surface area contributed by atoms with Gasteiger partial charge in [0.1, 0.15) is 0 Å². The average Bonchev–Trinajstić information content (AvgIpc) is 2.73. The first-order chi connectivity index (χ1) is 5.36. The van der Waals surface area contributed by atoms with Gasteiger partial charge in [-0.1, -0.05) is 12.8 Å². The Labute approximate surface area is 66.8 Å². The van der Waals surface area contributed by atoms with Gasteiger partial charge in [-0.15, -0.1) is 0 Å². The molecule has 2 amide bonds. The maximum absolute atomic E-state index is 11.0. The van der Waals surface area contributed by atoms with Crippen molar-refractivity contribution >= 4 is 6.03 Å². The second kappa shape index (κ2) is 2.72. The first kappa shape index (κ1) is 6.95. The van der Waals surface area contributed by atoms with E-state index in [4.69, 9.17) is 0 Å². The molecule has 0 bridgehead atoms. The summed E-state index contributed by atoms with van der Waals surface area (Å²) >= 11 is 0. The van der Waals surface area contributed by atoms with Crippen molar-refractivity contribution < 1.29 is 4.79 Å². The SMILES string of the molecule is O=C1NCCN1CCC1CC1. The summed E-state index contributed by atoms with van der Waals surface area (Å²) in [7, 11) is 0. The lowest BCUT2D eigenvalue weighted by molar-refractivity contribution is 0.216. The Morgan fingerprint density at radius 1 is 1.55 bits per heavy atom. The molecule has 0 atom stereocenters. The van der Waals surface area contributed by atoms with Gasteiger partial charge in [-0.3, -0.25) is 0 Å². The molecule has 62 valence electrons. The molecule has 1 N–H and O–H groups in total. The zero-order chi connectivity index (χ0) is 7.68. The molecule has 3 nitrogen and oxygen atoms in total. The van der Waals surface area contributed by atoms with E-state index in [9.17, 15) is 4.79 Å². The first-order valence-corrected chi connectivity index (χ1v) is 4.39. The van der Waals surface area contributed by atoms with Crippen LogP contribution in [-0.4, -0.2) is 30.6 Å². The molecule has 3 heteroatoms. The molecule has 0 radical (unpaired) electrons. The third-order valence-electron chi connectivity index (χ3n) is 2.45. The third-order valence-corrected chi connectivity index (χ3v) is 2.45. The van der Waals surface area contributed by atoms with E-state index >= 15 is 0 Å². The minimum absolute atomic E-state index is 0.130. The van der Waals surface area contributed by atoms with Crippen LogP contribution in [0.1, 0.15) is 19.3 Å². The van der Waals surface area contributed by atoms with Crippen LogP contribution < -0.4 is 5.32 Å². The molecule has 0 spiro atoms. The van der Waals surface area contributed by atoms with Crippen molar-refractivity contribution in [3.05, 3.63) is 0 Å². The lowest BCUT2D eigenvalue weighted by Crippen LogP contribution is -2.29. The number of nitrogens with one attached hydrogen (secondary N) is 1. The van der Waals surface area contributed by atoms with Crippen LogP contribution >= 0.6 is 0 Å². The molecule has 1 saturated carbocycles. The Kier molecular flexibility index (Phi) is 1.72. The van der Waals surface area contributed by atoms with E-state index < -0.39 is 0 Å². The molecule has 0 unspecified atom stereocenters. The van der Waals surface area contributed by atoms with E-state index in [0.29, 0.717) is 0 Å². The van der Waals surface area contributed by atoms with Crippen LogP contribution in [0, 0.1) is 5.92 Å². The fourth-order valence-corrected chi connectivity index (χ4v) is 1.47. The Bertz CT molecular complexity index is 165. The standard InChI is InChI=1S/C8H14N2O/c11-8-9-4-6-10(8)5-3-7-1-2-7/h7H,1-6H2,(H,9,11). The van der Waals surface area contributed by atoms with Crippen LogP contribution in [-0.2, 0) is 0 Å². The molecular weight excluding hydrogens is 140 g/mol. The molecule has 1 aliphatic carbocycles. The number of rotatable bonds is 3. The van der Waals surface area contributed by atoms with Gasteiger partial charge in [0.05, 0.1) is 0 Å². The number of amides is 2. The highest BCUT2D eigenvalue weighted by Crippen LogP contribution is 2.32. The fraction of sp³-hybridized carbons (Fsp3) is 0.875. The lowest BCUT2D eigenvalue weighted by atomic mass is 10.3. The smallest absolute Gasteiger partial charge is 0.317 e. The number of urea groups is 1. The number of hydrogen-bond donors (Lipinski definition) is 1. The summed E-state index contributed by atoms with van der Waals surface area (Å²) < 4.78 is 0. The zero-order valence-electron chi connectivity index (χ0n) is 6.68. The Morgan fingerprint density at radius 3 is 2.91 bits per heavy atom. The summed E-state index contributed by atoms with van der Waals surface area (Å²) in [5.74, 6) is 0.934. The van der Waals surface area contributed by atoms with Gasteiger partial charge in [-0.2, -0.15) is 0 Å². The minimum Gasteiger partial charge on any atom is -0.336 e. The normalized spacial score (nSPS) is 24.0. The Morgan fingerprint density at radius 2 is 2.36 bits per heavy atom. The van der Waals surface area contributed by atoms with Gasteiger partial charge in [0.2, 0.25) is 0 Å². The largest absolute Gasteiger partial charge is 0.336 e. The second-order valence-corrected chi connectivity index (χ2v) is 3.45. The average molecular weight is 154 g/mol. The van der Waals surface area contributed by atoms with Gasteiger partial charge in [-0.25, -0.2) is 4.79 Å². The highest BCUT2D eigenvalue weighted by Gasteiger charge is 2.25. The molecule has 1 aliphatic heterocycles. The van der Waals surface area contributed by atoms with Crippen molar-refractivity contribution in [3.63, 3.8) is 0 Å². The minimum atomic E-state index is 0.130. The fourth-order valence-electron chi connectivity index (χ4n) is 1.47. The van der Waals surface area contributed by atoms with E-state index in [-0.39, 0.29) is 6.03 Å². The van der Waals surface area contributed by atoms with Crippen LogP contribution in [0.4, 0.5) is 4.79 Å². The quantitative estimate of drug-likeness (QED) is 0.641. The van der Waals surface area contributed by atoms with Crippen molar-refractivity contribution in [2.75, 3.05) is 19.6 Å². The molecule has 1 saturated heterocycles. The summed E-state index contributed by atoms with van der Waals surface area (Å²) in [5, 5.41) is 2.80. The van der Waals surface area contributed by atoms with Crippen LogP contribution in [0.25, 0.3) is 0 Å². The third kappa shape index (κ3) is 1.64. The van der Waals surface area contributed by atoms with Gasteiger partial charge in [-0.05, 0) is 12.3 Å². The van der Waals surface area contributed by atoms with Crippen LogP contribution in [0.3, 0.4) is 0 Å². The predicted octanol–water partition coefficient (Wildman–Crippen LogP) is 0.812. The molecule has 2 rings (SSSR count). The summed E-state index contributed by atoms with van der Waals surface area (Å²) in [6.07, 6.45) is 3.98. The Hall–Kier alpha value is -0.730. The molecule has 0 aromatic carbocycles. The molecule has 2 aliphatic rings. The first-order valence-electron chi connectivity index (χ1n) is 4.39. The topological polar surface area (TPSA) is 32.3 Å². The number of nitrogens with zero attached hydrogens (tertiary/aromatic N) is 1. The predicted molar refractivity (Wildman–Crippen MR) is 42.3 cm³/mol. The number of hydrogen-bond acceptors (Lipinski definition) is 1. The van der Waals surface area contributed by atoms with Gasteiger partial charge in [0, 0.05) is 19.6 Å². The summed E-state index contributed by atoms with van der Waals surface area (Å²) in [4.78, 5) is 12.9. The van der Waals surface area contributed by atoms with Crippen LogP contribution in [0.15, 0.2) is 0 Å². The van der Waals surface area contributed by atoms with Crippen molar-refractivity contribution in [1.82, 2.24) is 10.2 Å². The lowest BCUT2D eigenvalue weighted by Gasteiger charge is -2.12. The van der Waals surface area contributed by atoms with Gasteiger partial charge < -0.3 is 10.2 Å². The van der Waals surface area contributed by atoms with Crippen LogP contribution in [0.2, 0.25) is 0 Å². The molecule has 2 fully saturated rings. The zero-order valence-corrected chi connectivity index (χ0v) is 6.68. The highest BCUT2D eigenvalue weighted by atomic mass is 16.2. The van der Waals surface area contributed by atoms with E-state index in [2.05, 4.69) is 5.32 Å². The molecule has 0 aromatic rings. The van der Waals surface area contributed by atoms with E-state index in [1.165, 1.54) is 19.3 Å². The van der Waals surface area contributed by atoms with Crippen molar-refractivity contribution in [2.45, 2.75) is 19.3 Å². The van der Waals surface area contributed by atoms with Crippen molar-refractivity contribution in [3.8, 4) is 0 Å². The molecule has 0 aromatic heterocycles. The van der Waals surface area contributed by atoms with Crippen molar-refractivity contribution in [1.29, 1.82) is 0 Å². The van der Waals surface area contributed by atoms with Gasteiger partial charge >= 0.3 is 6.03 Å². The highest BCUT2D eigenvalue weighted by molar-refractivity contribution is 5.76. The monoisotopic (exact) mass is 154 g/mol. The van der Waals surface area contributed by atoms with Crippen LogP contribution in [0.5, 0.6) is 0 Å². The summed E-state index contributed by atoms with van der Waals surface area (Å²) in [6.45, 7) is 2.71. The number of carbonyl (C=O) groups excluding carboxylic acids is 1. The molecular formula is C8H14N2O. The molecule has 1 heterocycles. The van der Waals surface area contributed by atoms with Gasteiger partial charge in [0.15, 0.2) is 0 Å². The number of carbonyl (C=O) groups is 1. The molecule has 11 heavy (non-hydrogen) atoms.